The van der Waals surface area contributed by atoms with Crippen molar-refractivity contribution >= 4 is 5.91 Å². The third-order valence-electron chi connectivity index (χ3n) is 4.20. The Labute approximate surface area is 121 Å². The van der Waals surface area contributed by atoms with Crippen LogP contribution in [0, 0.1) is 12.8 Å². The summed E-state index contributed by atoms with van der Waals surface area (Å²) in [5.41, 5.74) is 8.38. The van der Waals surface area contributed by atoms with E-state index in [0.717, 1.165) is 38.6 Å². The molecule has 110 valence electrons. The lowest BCUT2D eigenvalue weighted by Crippen LogP contribution is -2.34. The molecule has 3 heteroatoms. The average Bonchev–Trinajstić information content (AvgIpc) is 2.45. The molecule has 0 saturated heterocycles. The van der Waals surface area contributed by atoms with E-state index in [2.05, 4.69) is 30.4 Å². The predicted molar refractivity (Wildman–Crippen MR) is 82.4 cm³/mol. The Morgan fingerprint density at radius 3 is 2.75 bits per heavy atom. The molecule has 0 bridgehead atoms. The molecule has 3 N–H and O–H groups in total. The van der Waals surface area contributed by atoms with Gasteiger partial charge in [-0.25, -0.2) is 0 Å². The number of hydrogen-bond donors (Lipinski definition) is 2. The van der Waals surface area contributed by atoms with Gasteiger partial charge in [0.1, 0.15) is 0 Å². The predicted octanol–water partition coefficient (Wildman–Crippen LogP) is 2.56. The number of hydrogen-bond acceptors (Lipinski definition) is 2. The second kappa shape index (κ2) is 7.44. The molecule has 1 aliphatic carbocycles. The van der Waals surface area contributed by atoms with Crippen LogP contribution in [0.3, 0.4) is 0 Å². The summed E-state index contributed by atoms with van der Waals surface area (Å²) < 4.78 is 0. The van der Waals surface area contributed by atoms with Crippen LogP contribution in [-0.2, 0) is 11.2 Å². The molecule has 20 heavy (non-hydrogen) atoms. The van der Waals surface area contributed by atoms with Gasteiger partial charge in [-0.15, -0.1) is 0 Å². The Balaban J connectivity index is 1.65. The van der Waals surface area contributed by atoms with E-state index in [9.17, 15) is 4.79 Å². The maximum Gasteiger partial charge on any atom is 0.220 e. The Bertz CT molecular complexity index is 436. The molecule has 0 spiro atoms. The van der Waals surface area contributed by atoms with E-state index >= 15 is 0 Å². The van der Waals surface area contributed by atoms with Crippen molar-refractivity contribution in [1.82, 2.24) is 5.32 Å². The first-order valence-corrected chi connectivity index (χ1v) is 7.71. The van der Waals surface area contributed by atoms with Crippen LogP contribution in [0.2, 0.25) is 0 Å². The highest BCUT2D eigenvalue weighted by atomic mass is 16.1. The normalized spacial score (nSPS) is 22.5. The van der Waals surface area contributed by atoms with E-state index < -0.39 is 0 Å². The van der Waals surface area contributed by atoms with Gasteiger partial charge in [-0.1, -0.05) is 29.8 Å². The van der Waals surface area contributed by atoms with Crippen molar-refractivity contribution in [1.29, 1.82) is 0 Å². The maximum atomic E-state index is 11.9. The van der Waals surface area contributed by atoms with Crippen LogP contribution in [0.4, 0.5) is 0 Å². The largest absolute Gasteiger partial charge is 0.356 e. The van der Waals surface area contributed by atoms with Gasteiger partial charge in [0.15, 0.2) is 0 Å². The van der Waals surface area contributed by atoms with Gasteiger partial charge < -0.3 is 11.1 Å². The maximum absolute atomic E-state index is 11.9. The Morgan fingerprint density at radius 2 is 2.05 bits per heavy atom. The summed E-state index contributed by atoms with van der Waals surface area (Å²) in [4.78, 5) is 11.9. The van der Waals surface area contributed by atoms with E-state index in [1.807, 2.05) is 6.07 Å². The van der Waals surface area contributed by atoms with Crippen molar-refractivity contribution in [2.24, 2.45) is 11.7 Å². The molecule has 1 aliphatic rings. The first kappa shape index (κ1) is 15.0. The fourth-order valence-electron chi connectivity index (χ4n) is 2.86. The molecule has 1 fully saturated rings. The second-order valence-corrected chi connectivity index (χ2v) is 6.07. The third-order valence-corrected chi connectivity index (χ3v) is 4.20. The highest BCUT2D eigenvalue weighted by Gasteiger charge is 2.18. The van der Waals surface area contributed by atoms with Gasteiger partial charge in [0.05, 0.1) is 0 Å². The minimum absolute atomic E-state index is 0.168. The molecule has 1 saturated carbocycles. The van der Waals surface area contributed by atoms with Crippen LogP contribution in [0.25, 0.3) is 0 Å². The van der Waals surface area contributed by atoms with Crippen LogP contribution < -0.4 is 11.1 Å². The lowest BCUT2D eigenvalue weighted by atomic mass is 9.86. The number of nitrogens with one attached hydrogen (secondary N) is 1. The summed E-state index contributed by atoms with van der Waals surface area (Å²) in [6.45, 7) is 2.90. The molecule has 1 amide bonds. The summed E-state index contributed by atoms with van der Waals surface area (Å²) >= 11 is 0. The van der Waals surface area contributed by atoms with Gasteiger partial charge in [0, 0.05) is 19.0 Å². The van der Waals surface area contributed by atoms with Crippen LogP contribution in [0.15, 0.2) is 24.3 Å². The van der Waals surface area contributed by atoms with E-state index in [1.54, 1.807) is 0 Å². The van der Waals surface area contributed by atoms with Crippen LogP contribution in [-0.4, -0.2) is 18.5 Å². The fraction of sp³-hybridized carbons (Fsp3) is 0.588. The smallest absolute Gasteiger partial charge is 0.220 e. The molecule has 0 aliphatic heterocycles. The highest BCUT2D eigenvalue weighted by molar-refractivity contribution is 5.76. The van der Waals surface area contributed by atoms with Crippen LogP contribution in [0.5, 0.6) is 0 Å². The van der Waals surface area contributed by atoms with E-state index in [1.165, 1.54) is 11.1 Å². The molecular formula is C17H26N2O. The van der Waals surface area contributed by atoms with Gasteiger partial charge in [-0.05, 0) is 50.5 Å². The average molecular weight is 274 g/mol. The summed E-state index contributed by atoms with van der Waals surface area (Å²) in [5.74, 6) is 0.791. The van der Waals surface area contributed by atoms with Crippen molar-refractivity contribution in [3.63, 3.8) is 0 Å². The topological polar surface area (TPSA) is 55.1 Å². The van der Waals surface area contributed by atoms with Crippen LogP contribution in [0.1, 0.15) is 43.2 Å². The van der Waals surface area contributed by atoms with Crippen molar-refractivity contribution < 1.29 is 4.79 Å². The fourth-order valence-corrected chi connectivity index (χ4v) is 2.86. The zero-order chi connectivity index (χ0) is 14.4. The molecule has 1 aromatic rings. The third kappa shape index (κ3) is 4.97. The quantitative estimate of drug-likeness (QED) is 0.867. The molecule has 0 aromatic heterocycles. The number of amides is 1. The number of aryl methyl sites for hydroxylation is 2. The highest BCUT2D eigenvalue weighted by Crippen LogP contribution is 2.22. The SMILES string of the molecule is Cc1cccc(CCC(=O)NCC2CCC(N)CC2)c1. The van der Waals surface area contributed by atoms with Gasteiger partial charge in [-0.2, -0.15) is 0 Å². The second-order valence-electron chi connectivity index (χ2n) is 6.07. The minimum Gasteiger partial charge on any atom is -0.356 e. The van der Waals surface area contributed by atoms with Crippen molar-refractivity contribution in [3.05, 3.63) is 35.4 Å². The lowest BCUT2D eigenvalue weighted by Gasteiger charge is -2.26. The number of carbonyl (C=O) groups excluding carboxylic acids is 1. The standard InChI is InChI=1S/C17H26N2O/c1-13-3-2-4-14(11-13)7-10-17(20)19-12-15-5-8-16(18)9-6-15/h2-4,11,15-16H,5-10,12,18H2,1H3,(H,19,20). The van der Waals surface area contributed by atoms with Crippen molar-refractivity contribution in [2.45, 2.75) is 51.5 Å². The Morgan fingerprint density at radius 1 is 1.30 bits per heavy atom. The zero-order valence-electron chi connectivity index (χ0n) is 12.4. The molecule has 0 radical (unpaired) electrons. The molecule has 0 atom stereocenters. The van der Waals surface area contributed by atoms with E-state index in [4.69, 9.17) is 5.73 Å². The van der Waals surface area contributed by atoms with Gasteiger partial charge in [0.25, 0.3) is 0 Å². The molecule has 0 unspecified atom stereocenters. The molecule has 2 rings (SSSR count). The Kier molecular flexibility index (Phi) is 5.60. The van der Waals surface area contributed by atoms with Gasteiger partial charge >= 0.3 is 0 Å². The van der Waals surface area contributed by atoms with E-state index in [0.29, 0.717) is 18.4 Å². The van der Waals surface area contributed by atoms with E-state index in [-0.39, 0.29) is 5.91 Å². The monoisotopic (exact) mass is 274 g/mol. The summed E-state index contributed by atoms with van der Waals surface area (Å²) in [7, 11) is 0. The Hall–Kier alpha value is -1.35. The summed E-state index contributed by atoms with van der Waals surface area (Å²) in [6.07, 6.45) is 5.91. The number of nitrogens with two attached hydrogens (primary N) is 1. The number of benzene rings is 1. The molecule has 3 nitrogen and oxygen atoms in total. The number of rotatable bonds is 5. The first-order valence-electron chi connectivity index (χ1n) is 7.71. The first-order chi connectivity index (χ1) is 9.63. The van der Waals surface area contributed by atoms with Gasteiger partial charge in [0.2, 0.25) is 5.91 Å². The van der Waals surface area contributed by atoms with Gasteiger partial charge in [-0.3, -0.25) is 4.79 Å². The lowest BCUT2D eigenvalue weighted by molar-refractivity contribution is -0.121. The number of carbonyl (C=O) groups is 1. The van der Waals surface area contributed by atoms with Crippen molar-refractivity contribution in [2.75, 3.05) is 6.54 Å². The molecule has 1 aromatic carbocycles. The van der Waals surface area contributed by atoms with Crippen LogP contribution >= 0.6 is 0 Å². The molecule has 0 heterocycles. The molecular weight excluding hydrogens is 248 g/mol. The zero-order valence-corrected chi connectivity index (χ0v) is 12.4. The summed E-state index contributed by atoms with van der Waals surface area (Å²) in [6, 6.07) is 8.74. The summed E-state index contributed by atoms with van der Waals surface area (Å²) in [5, 5.41) is 3.07. The minimum atomic E-state index is 0.168. The van der Waals surface area contributed by atoms with Crippen molar-refractivity contribution in [3.8, 4) is 0 Å².